The molecule has 0 bridgehead atoms. The van der Waals surface area contributed by atoms with Crippen molar-refractivity contribution in [3.63, 3.8) is 0 Å². The van der Waals surface area contributed by atoms with Crippen LogP contribution in [0.4, 0.5) is 0 Å². The highest BCUT2D eigenvalue weighted by atomic mass is 31.0. The Kier molecular flexibility index (Phi) is 8.95. The second kappa shape index (κ2) is 9.00. The number of hydrogen-bond acceptors (Lipinski definition) is 1. The Hall–Kier alpha value is -0.130. The lowest BCUT2D eigenvalue weighted by molar-refractivity contribution is 0.144. The van der Waals surface area contributed by atoms with Gasteiger partial charge in [0.15, 0.2) is 0 Å². The Balaban J connectivity index is 4.58. The van der Waals surface area contributed by atoms with E-state index in [1.165, 1.54) is 17.6 Å². The van der Waals surface area contributed by atoms with Gasteiger partial charge in [-0.1, -0.05) is 44.1 Å². The predicted octanol–water partition coefficient (Wildman–Crippen LogP) is 5.64. The van der Waals surface area contributed by atoms with Gasteiger partial charge in [0, 0.05) is 18.4 Å². The first-order valence-corrected chi connectivity index (χ1v) is 8.52. The first kappa shape index (κ1) is 19.9. The molecule has 0 rings (SSSR count). The fraction of sp³-hybridized carbons (Fsp3) is 0.778. The molecular weight excluding hydrogens is 261 g/mol. The van der Waals surface area contributed by atoms with Crippen molar-refractivity contribution in [3.8, 4) is 0 Å². The summed E-state index contributed by atoms with van der Waals surface area (Å²) in [6.07, 6.45) is 7.07. The summed E-state index contributed by atoms with van der Waals surface area (Å²) in [6.45, 7) is 19.1. The summed E-state index contributed by atoms with van der Waals surface area (Å²) in [6, 6.07) is 0.568. The number of allylic oxidation sites excluding steroid dienone is 3. The summed E-state index contributed by atoms with van der Waals surface area (Å²) in [4.78, 5) is 2.56. The van der Waals surface area contributed by atoms with Gasteiger partial charge < -0.3 is 0 Å². The van der Waals surface area contributed by atoms with Crippen LogP contribution in [0, 0.1) is 5.41 Å². The van der Waals surface area contributed by atoms with Crippen LogP contribution in [0.25, 0.3) is 0 Å². The number of rotatable bonds is 7. The summed E-state index contributed by atoms with van der Waals surface area (Å²) in [5, 5.41) is 0. The van der Waals surface area contributed by atoms with Crippen molar-refractivity contribution in [2.75, 3.05) is 6.54 Å². The first-order chi connectivity index (χ1) is 9.05. The van der Waals surface area contributed by atoms with Crippen molar-refractivity contribution in [2.45, 2.75) is 80.1 Å². The second-order valence-electron chi connectivity index (χ2n) is 7.47. The molecule has 20 heavy (non-hydrogen) atoms. The third-order valence-electron chi connectivity index (χ3n) is 3.65. The monoisotopic (exact) mass is 297 g/mol. The maximum Gasteiger partial charge on any atom is 0.0293 e. The lowest BCUT2D eigenvalue weighted by Gasteiger charge is -2.39. The maximum absolute atomic E-state index is 3.03. The normalized spacial score (nSPS) is 14.8. The van der Waals surface area contributed by atoms with Crippen molar-refractivity contribution < 1.29 is 0 Å². The zero-order valence-corrected chi connectivity index (χ0v) is 16.1. The lowest BCUT2D eigenvalue weighted by atomic mass is 9.94. The molecule has 0 heterocycles. The number of nitrogens with zero attached hydrogens (tertiary/aromatic N) is 1. The van der Waals surface area contributed by atoms with Crippen LogP contribution in [-0.4, -0.2) is 23.3 Å². The fourth-order valence-corrected chi connectivity index (χ4v) is 2.56. The van der Waals surface area contributed by atoms with Crippen molar-refractivity contribution in [1.29, 1.82) is 0 Å². The van der Waals surface area contributed by atoms with E-state index in [-0.39, 0.29) is 0 Å². The maximum atomic E-state index is 3.03. The fourth-order valence-electron chi connectivity index (χ4n) is 2.09. The van der Waals surface area contributed by atoms with Crippen LogP contribution in [0.5, 0.6) is 0 Å². The SMILES string of the molecule is CC(C)=CCC/C(C)=C\CN(C(C)C)C(P)C(C)(C)C. The zero-order chi connectivity index (χ0) is 15.9. The van der Waals surface area contributed by atoms with Crippen LogP contribution in [0.1, 0.15) is 68.2 Å². The minimum Gasteiger partial charge on any atom is -0.290 e. The van der Waals surface area contributed by atoms with E-state index in [0.717, 1.165) is 13.0 Å². The Bertz CT molecular complexity index is 330. The Labute approximate surface area is 130 Å². The molecule has 0 saturated heterocycles. The minimum absolute atomic E-state index is 0.290. The summed E-state index contributed by atoms with van der Waals surface area (Å²) < 4.78 is 0. The molecule has 0 aliphatic heterocycles. The molecule has 0 aliphatic carbocycles. The molecule has 0 aliphatic rings. The van der Waals surface area contributed by atoms with Crippen molar-refractivity contribution in [1.82, 2.24) is 4.90 Å². The minimum atomic E-state index is 0.290. The standard InChI is InChI=1S/C18H36NP/c1-14(2)10-9-11-16(5)12-13-19(15(3)4)17(20)18(6,7)8/h10,12,15,17H,9,11,13,20H2,1-8H3/b16-12-. The van der Waals surface area contributed by atoms with E-state index in [2.05, 4.69) is 81.7 Å². The van der Waals surface area contributed by atoms with E-state index in [9.17, 15) is 0 Å². The molecule has 2 heteroatoms. The quantitative estimate of drug-likeness (QED) is 0.434. The van der Waals surface area contributed by atoms with Crippen LogP contribution in [0.3, 0.4) is 0 Å². The topological polar surface area (TPSA) is 3.24 Å². The van der Waals surface area contributed by atoms with Gasteiger partial charge in [0.2, 0.25) is 0 Å². The largest absolute Gasteiger partial charge is 0.290 e. The van der Waals surface area contributed by atoms with Crippen molar-refractivity contribution >= 4 is 9.24 Å². The Morgan fingerprint density at radius 2 is 1.65 bits per heavy atom. The third kappa shape index (κ3) is 8.22. The summed E-state index contributed by atoms with van der Waals surface area (Å²) in [5.74, 6) is 0.504. The van der Waals surface area contributed by atoms with Crippen LogP contribution in [-0.2, 0) is 0 Å². The van der Waals surface area contributed by atoms with Crippen LogP contribution in [0.15, 0.2) is 23.3 Å². The molecule has 0 amide bonds. The third-order valence-corrected chi connectivity index (χ3v) is 5.03. The highest BCUT2D eigenvalue weighted by molar-refractivity contribution is 7.17. The van der Waals surface area contributed by atoms with Gasteiger partial charge in [0.25, 0.3) is 0 Å². The van der Waals surface area contributed by atoms with Gasteiger partial charge in [-0.15, -0.1) is 9.24 Å². The molecule has 0 saturated carbocycles. The van der Waals surface area contributed by atoms with Crippen molar-refractivity contribution in [3.05, 3.63) is 23.3 Å². The van der Waals surface area contributed by atoms with E-state index >= 15 is 0 Å². The van der Waals surface area contributed by atoms with Crippen LogP contribution >= 0.6 is 9.24 Å². The van der Waals surface area contributed by atoms with Gasteiger partial charge >= 0.3 is 0 Å². The summed E-state index contributed by atoms with van der Waals surface area (Å²) >= 11 is 0. The first-order valence-electron chi connectivity index (χ1n) is 7.86. The lowest BCUT2D eigenvalue weighted by Crippen LogP contribution is -2.44. The average molecular weight is 297 g/mol. The molecule has 2 unspecified atom stereocenters. The van der Waals surface area contributed by atoms with Crippen LogP contribution in [0.2, 0.25) is 0 Å². The molecular formula is C18H36NP. The molecule has 0 aromatic rings. The molecule has 118 valence electrons. The number of hydrogen-bond donors (Lipinski definition) is 0. The predicted molar refractivity (Wildman–Crippen MR) is 97.2 cm³/mol. The summed E-state index contributed by atoms with van der Waals surface area (Å²) in [7, 11) is 3.03. The Morgan fingerprint density at radius 3 is 2.05 bits per heavy atom. The van der Waals surface area contributed by atoms with Gasteiger partial charge in [-0.05, 0) is 52.9 Å². The van der Waals surface area contributed by atoms with Gasteiger partial charge in [0.1, 0.15) is 0 Å². The van der Waals surface area contributed by atoms with E-state index in [1.54, 1.807) is 0 Å². The Morgan fingerprint density at radius 1 is 1.10 bits per heavy atom. The van der Waals surface area contributed by atoms with Crippen molar-refractivity contribution in [2.24, 2.45) is 5.41 Å². The van der Waals surface area contributed by atoms with Gasteiger partial charge in [-0.25, -0.2) is 0 Å². The van der Waals surface area contributed by atoms with E-state index in [1.807, 2.05) is 0 Å². The molecule has 0 radical (unpaired) electrons. The average Bonchev–Trinajstić information content (AvgIpc) is 2.26. The molecule has 0 spiro atoms. The molecule has 0 fully saturated rings. The van der Waals surface area contributed by atoms with E-state index in [4.69, 9.17) is 0 Å². The molecule has 2 atom stereocenters. The molecule has 0 aromatic heterocycles. The van der Waals surface area contributed by atoms with Gasteiger partial charge in [-0.2, -0.15) is 0 Å². The zero-order valence-electron chi connectivity index (χ0n) is 15.0. The van der Waals surface area contributed by atoms with Crippen LogP contribution < -0.4 is 0 Å². The van der Waals surface area contributed by atoms with E-state index < -0.39 is 0 Å². The molecule has 0 N–H and O–H groups in total. The second-order valence-corrected chi connectivity index (χ2v) is 8.10. The highest BCUT2D eigenvalue weighted by Crippen LogP contribution is 2.30. The highest BCUT2D eigenvalue weighted by Gasteiger charge is 2.27. The van der Waals surface area contributed by atoms with Gasteiger partial charge in [0.05, 0.1) is 0 Å². The van der Waals surface area contributed by atoms with E-state index in [0.29, 0.717) is 17.2 Å². The molecule has 0 aromatic carbocycles. The summed E-state index contributed by atoms with van der Waals surface area (Å²) in [5.41, 5.74) is 3.21. The molecule has 1 nitrogen and oxygen atoms in total. The van der Waals surface area contributed by atoms with Gasteiger partial charge in [-0.3, -0.25) is 4.90 Å². The smallest absolute Gasteiger partial charge is 0.0293 e.